The van der Waals surface area contributed by atoms with Crippen LogP contribution in [0.25, 0.3) is 22.6 Å². The van der Waals surface area contributed by atoms with Gasteiger partial charge in [-0.25, -0.2) is 0 Å². The van der Waals surface area contributed by atoms with E-state index < -0.39 is 0 Å². The molecule has 2 aliphatic heterocycles. The summed E-state index contributed by atoms with van der Waals surface area (Å²) in [4.78, 5) is 18.2. The van der Waals surface area contributed by atoms with Crippen LogP contribution in [0, 0.1) is 0 Å². The van der Waals surface area contributed by atoms with E-state index in [0.29, 0.717) is 12.2 Å². The Kier molecular flexibility index (Phi) is 4.89. The molecule has 2 aromatic carbocycles. The number of anilines is 1. The second-order valence-corrected chi connectivity index (χ2v) is 8.49. The number of nitrogens with zero attached hydrogens (tertiary/aromatic N) is 1. The van der Waals surface area contributed by atoms with Crippen molar-refractivity contribution in [3.8, 4) is 5.75 Å². The van der Waals surface area contributed by atoms with Gasteiger partial charge in [0.2, 0.25) is 0 Å². The molecule has 1 amide bonds. The highest BCUT2D eigenvalue weighted by Crippen LogP contribution is 2.35. The molecule has 5 rings (SSSR count). The largest absolute Gasteiger partial charge is 0.492 e. The fourth-order valence-electron chi connectivity index (χ4n) is 4.06. The van der Waals surface area contributed by atoms with Crippen molar-refractivity contribution in [1.29, 1.82) is 0 Å². The number of halogens is 1. The third kappa shape index (κ3) is 3.82. The number of likely N-dealkylation sites (tertiary alicyclic amines) is 1. The van der Waals surface area contributed by atoms with Crippen molar-refractivity contribution in [1.82, 2.24) is 9.88 Å². The van der Waals surface area contributed by atoms with E-state index in [0.717, 1.165) is 44.6 Å². The molecule has 6 heteroatoms. The highest BCUT2D eigenvalue weighted by atomic mass is 79.9. The number of carbonyl (C=O) groups excluding carboxylic acids is 1. The predicted molar refractivity (Wildman–Crippen MR) is 120 cm³/mol. The van der Waals surface area contributed by atoms with Crippen molar-refractivity contribution in [2.24, 2.45) is 0 Å². The zero-order chi connectivity index (χ0) is 19.8. The topological polar surface area (TPSA) is 57.4 Å². The van der Waals surface area contributed by atoms with E-state index in [1.807, 2.05) is 36.4 Å². The van der Waals surface area contributed by atoms with Gasteiger partial charge < -0.3 is 15.0 Å². The average molecular weight is 452 g/mol. The summed E-state index contributed by atoms with van der Waals surface area (Å²) >= 11 is 3.48. The average Bonchev–Trinajstić information content (AvgIpc) is 3.42. The Morgan fingerprint density at radius 2 is 1.97 bits per heavy atom. The molecule has 0 unspecified atom stereocenters. The summed E-state index contributed by atoms with van der Waals surface area (Å²) < 4.78 is 6.91. The van der Waals surface area contributed by atoms with E-state index in [9.17, 15) is 4.79 Å². The number of rotatable bonds is 5. The Hall–Kier alpha value is -2.57. The molecule has 3 heterocycles. The fraction of sp³-hybridized carbons (Fsp3) is 0.261. The summed E-state index contributed by atoms with van der Waals surface area (Å²) in [7, 11) is 0. The van der Waals surface area contributed by atoms with E-state index in [2.05, 4.69) is 43.3 Å². The van der Waals surface area contributed by atoms with Crippen LogP contribution in [0.4, 0.5) is 5.69 Å². The van der Waals surface area contributed by atoms with E-state index in [-0.39, 0.29) is 5.91 Å². The lowest BCUT2D eigenvalue weighted by Crippen LogP contribution is -2.25. The van der Waals surface area contributed by atoms with E-state index in [1.165, 1.54) is 25.9 Å². The minimum absolute atomic E-state index is 0.0808. The second-order valence-electron chi connectivity index (χ2n) is 7.57. The number of H-pyrrole nitrogens is 1. The van der Waals surface area contributed by atoms with Crippen LogP contribution in [0.3, 0.4) is 0 Å². The van der Waals surface area contributed by atoms with E-state index in [1.54, 1.807) is 0 Å². The zero-order valence-electron chi connectivity index (χ0n) is 16.0. The first-order chi connectivity index (χ1) is 14.2. The molecule has 1 aromatic heterocycles. The number of nitrogens with one attached hydrogen (secondary N) is 2. The van der Waals surface area contributed by atoms with Crippen molar-refractivity contribution in [3.05, 3.63) is 58.2 Å². The van der Waals surface area contributed by atoms with Crippen molar-refractivity contribution >= 4 is 50.1 Å². The number of amides is 1. The van der Waals surface area contributed by atoms with Gasteiger partial charge in [0.15, 0.2) is 0 Å². The number of benzene rings is 2. The Bertz CT molecular complexity index is 1110. The van der Waals surface area contributed by atoms with Crippen LogP contribution in [-0.2, 0) is 4.79 Å². The molecule has 2 N–H and O–H groups in total. The lowest BCUT2D eigenvalue weighted by atomic mass is 10.1. The van der Waals surface area contributed by atoms with Gasteiger partial charge in [0.1, 0.15) is 12.4 Å². The SMILES string of the molecule is O=C1Nc2ccc(Br)cc2/C1=C\c1cc2cc(OCCN3CCCC3)ccc2[nH]1. The summed E-state index contributed by atoms with van der Waals surface area (Å²) in [6.45, 7) is 4.06. The van der Waals surface area contributed by atoms with Crippen molar-refractivity contribution < 1.29 is 9.53 Å². The van der Waals surface area contributed by atoms with Crippen LogP contribution >= 0.6 is 15.9 Å². The number of hydrogen-bond acceptors (Lipinski definition) is 3. The molecule has 2 aliphatic rings. The van der Waals surface area contributed by atoms with Gasteiger partial charge in [0.05, 0.1) is 5.57 Å². The number of fused-ring (bicyclic) bond motifs is 2. The first kappa shape index (κ1) is 18.5. The number of carbonyl (C=O) groups is 1. The van der Waals surface area contributed by atoms with Crippen LogP contribution in [0.5, 0.6) is 5.75 Å². The Labute approximate surface area is 177 Å². The van der Waals surface area contributed by atoms with Gasteiger partial charge in [-0.05, 0) is 74.5 Å². The standard InChI is InChI=1S/C23H22BrN3O2/c24-16-3-5-22-19(13-16)20(23(28)26-22)14-17-11-15-12-18(4-6-21(15)25-17)29-10-9-27-7-1-2-8-27/h3-6,11-14,25H,1-2,7-10H2,(H,26,28)/b20-14+. The molecule has 1 saturated heterocycles. The lowest BCUT2D eigenvalue weighted by Gasteiger charge is -2.14. The van der Waals surface area contributed by atoms with Gasteiger partial charge in [0, 0.05) is 38.9 Å². The first-order valence-electron chi connectivity index (χ1n) is 9.97. The normalized spacial score (nSPS) is 17.8. The summed E-state index contributed by atoms with van der Waals surface area (Å²) in [5.74, 6) is 0.797. The van der Waals surface area contributed by atoms with Gasteiger partial charge in [0.25, 0.3) is 5.91 Å². The van der Waals surface area contributed by atoms with E-state index >= 15 is 0 Å². The number of aromatic nitrogens is 1. The molecular formula is C23H22BrN3O2. The molecule has 0 radical (unpaired) electrons. The smallest absolute Gasteiger partial charge is 0.256 e. The van der Waals surface area contributed by atoms with E-state index in [4.69, 9.17) is 4.74 Å². The van der Waals surface area contributed by atoms with Crippen LogP contribution in [0.1, 0.15) is 24.1 Å². The predicted octanol–water partition coefficient (Wildman–Crippen LogP) is 4.90. The summed E-state index contributed by atoms with van der Waals surface area (Å²) in [5, 5.41) is 3.99. The van der Waals surface area contributed by atoms with Crippen LogP contribution in [0.2, 0.25) is 0 Å². The molecule has 3 aromatic rings. The van der Waals surface area contributed by atoms with Crippen LogP contribution < -0.4 is 10.1 Å². The number of ether oxygens (including phenoxy) is 1. The van der Waals surface area contributed by atoms with Crippen LogP contribution in [-0.4, -0.2) is 42.0 Å². The second kappa shape index (κ2) is 7.69. The maximum atomic E-state index is 12.4. The maximum absolute atomic E-state index is 12.4. The van der Waals surface area contributed by atoms with Gasteiger partial charge in [-0.2, -0.15) is 0 Å². The molecule has 29 heavy (non-hydrogen) atoms. The molecule has 5 nitrogen and oxygen atoms in total. The molecule has 0 saturated carbocycles. The monoisotopic (exact) mass is 451 g/mol. The van der Waals surface area contributed by atoms with Crippen LogP contribution in [0.15, 0.2) is 46.9 Å². The number of hydrogen-bond donors (Lipinski definition) is 2. The Balaban J connectivity index is 1.36. The van der Waals surface area contributed by atoms with Gasteiger partial charge in [-0.15, -0.1) is 0 Å². The molecule has 0 aliphatic carbocycles. The number of aromatic amines is 1. The Morgan fingerprint density at radius 1 is 1.10 bits per heavy atom. The third-order valence-corrected chi connectivity index (χ3v) is 6.05. The first-order valence-corrected chi connectivity index (χ1v) is 10.8. The fourth-order valence-corrected chi connectivity index (χ4v) is 4.42. The summed E-state index contributed by atoms with van der Waals surface area (Å²) in [6.07, 6.45) is 4.50. The molecule has 0 bridgehead atoms. The Morgan fingerprint density at radius 3 is 2.83 bits per heavy atom. The molecular weight excluding hydrogens is 430 g/mol. The third-order valence-electron chi connectivity index (χ3n) is 5.55. The molecule has 1 fully saturated rings. The minimum atomic E-state index is -0.0808. The molecule has 0 spiro atoms. The quantitative estimate of drug-likeness (QED) is 0.542. The molecule has 148 valence electrons. The zero-order valence-corrected chi connectivity index (χ0v) is 17.6. The van der Waals surface area contributed by atoms with Gasteiger partial charge in [-0.1, -0.05) is 15.9 Å². The van der Waals surface area contributed by atoms with Crippen molar-refractivity contribution in [2.75, 3.05) is 31.6 Å². The lowest BCUT2D eigenvalue weighted by molar-refractivity contribution is -0.110. The highest BCUT2D eigenvalue weighted by molar-refractivity contribution is 9.10. The summed E-state index contributed by atoms with van der Waals surface area (Å²) in [5.41, 5.74) is 4.34. The summed E-state index contributed by atoms with van der Waals surface area (Å²) in [6, 6.07) is 13.9. The van der Waals surface area contributed by atoms with Crippen molar-refractivity contribution in [2.45, 2.75) is 12.8 Å². The van der Waals surface area contributed by atoms with Gasteiger partial charge >= 0.3 is 0 Å². The molecule has 0 atom stereocenters. The maximum Gasteiger partial charge on any atom is 0.256 e. The highest BCUT2D eigenvalue weighted by Gasteiger charge is 2.24. The van der Waals surface area contributed by atoms with Gasteiger partial charge in [-0.3, -0.25) is 9.69 Å². The van der Waals surface area contributed by atoms with Crippen molar-refractivity contribution in [3.63, 3.8) is 0 Å². The minimum Gasteiger partial charge on any atom is -0.492 e.